The van der Waals surface area contributed by atoms with Crippen LogP contribution in [0.4, 0.5) is 0 Å². The predicted molar refractivity (Wildman–Crippen MR) is 175 cm³/mol. The Labute approximate surface area is 266 Å². The fraction of sp³-hybridized carbons (Fsp3) is 0.385. The van der Waals surface area contributed by atoms with Crippen molar-refractivity contribution in [1.82, 2.24) is 0 Å². The van der Waals surface area contributed by atoms with Crippen molar-refractivity contribution in [2.24, 2.45) is 0 Å². The van der Waals surface area contributed by atoms with E-state index < -0.39 is 5.41 Å². The van der Waals surface area contributed by atoms with Gasteiger partial charge < -0.3 is 28.4 Å². The van der Waals surface area contributed by atoms with Gasteiger partial charge in [0, 0.05) is 0 Å². The van der Waals surface area contributed by atoms with Crippen molar-refractivity contribution in [3.05, 3.63) is 117 Å². The van der Waals surface area contributed by atoms with Gasteiger partial charge in [-0.15, -0.1) is 0 Å². The Balaban J connectivity index is 1.27. The van der Waals surface area contributed by atoms with Crippen molar-refractivity contribution < 1.29 is 28.4 Å². The van der Waals surface area contributed by atoms with Gasteiger partial charge in [-0.25, -0.2) is 0 Å². The average Bonchev–Trinajstić information content (AvgIpc) is 3.97. The number of ether oxygens (including phenoxy) is 6. The van der Waals surface area contributed by atoms with Crippen LogP contribution in [0.25, 0.3) is 11.1 Å². The fourth-order valence-corrected chi connectivity index (χ4v) is 6.98. The smallest absolute Gasteiger partial charge is 0.125 e. The molecule has 2 aliphatic heterocycles. The molecule has 0 radical (unpaired) electrons. The van der Waals surface area contributed by atoms with Gasteiger partial charge in [0.25, 0.3) is 0 Å². The second-order valence-electron chi connectivity index (χ2n) is 12.5. The Morgan fingerprint density at radius 2 is 0.956 bits per heavy atom. The van der Waals surface area contributed by atoms with E-state index >= 15 is 0 Å². The molecule has 6 heteroatoms. The summed E-state index contributed by atoms with van der Waals surface area (Å²) in [5.74, 6) is 1.85. The summed E-state index contributed by atoms with van der Waals surface area (Å²) in [6.07, 6.45) is 0.519. The molecule has 7 rings (SSSR count). The fourth-order valence-electron chi connectivity index (χ4n) is 6.98. The van der Waals surface area contributed by atoms with Gasteiger partial charge in [-0.2, -0.15) is 0 Å². The van der Waals surface area contributed by atoms with E-state index in [4.69, 9.17) is 28.4 Å². The molecule has 0 spiro atoms. The summed E-state index contributed by atoms with van der Waals surface area (Å²) in [7, 11) is 0. The van der Waals surface area contributed by atoms with Crippen LogP contribution in [0.2, 0.25) is 0 Å². The van der Waals surface area contributed by atoms with Gasteiger partial charge in [0.1, 0.15) is 36.9 Å². The van der Waals surface area contributed by atoms with Crippen LogP contribution < -0.4 is 9.47 Å². The zero-order valence-electron chi connectivity index (χ0n) is 26.7. The lowest BCUT2D eigenvalue weighted by Crippen LogP contribution is -2.29. The number of aryl methyl sites for hydroxylation is 4. The lowest BCUT2D eigenvalue weighted by Gasteiger charge is -2.35. The summed E-state index contributed by atoms with van der Waals surface area (Å²) in [5.41, 5.74) is 11.5. The maximum Gasteiger partial charge on any atom is 0.125 e. The summed E-state index contributed by atoms with van der Waals surface area (Å²) < 4.78 is 34.5. The predicted octanol–water partition coefficient (Wildman–Crippen LogP) is 6.87. The van der Waals surface area contributed by atoms with Crippen LogP contribution in [0, 0.1) is 27.7 Å². The van der Waals surface area contributed by atoms with Gasteiger partial charge in [-0.05, 0) is 83.3 Å². The van der Waals surface area contributed by atoms with Gasteiger partial charge in [-0.1, -0.05) is 72.8 Å². The highest BCUT2D eigenvalue weighted by Crippen LogP contribution is 2.57. The number of rotatable bonds is 14. The third kappa shape index (κ3) is 5.88. The molecule has 4 aromatic rings. The molecule has 1 aliphatic carbocycles. The number of hydrogen-bond acceptors (Lipinski definition) is 6. The van der Waals surface area contributed by atoms with E-state index in [-0.39, 0.29) is 12.2 Å². The molecule has 45 heavy (non-hydrogen) atoms. The third-order valence-electron chi connectivity index (χ3n) is 9.10. The van der Waals surface area contributed by atoms with Gasteiger partial charge in [-0.3, -0.25) is 0 Å². The lowest BCUT2D eigenvalue weighted by atomic mass is 9.66. The Kier molecular flexibility index (Phi) is 8.40. The first-order chi connectivity index (χ1) is 22.0. The molecule has 234 valence electrons. The van der Waals surface area contributed by atoms with E-state index in [1.54, 1.807) is 0 Å². The summed E-state index contributed by atoms with van der Waals surface area (Å²) in [6, 6.07) is 27.0. The van der Waals surface area contributed by atoms with Crippen LogP contribution in [0.3, 0.4) is 0 Å². The normalized spacial score (nSPS) is 18.8. The number of benzene rings is 4. The SMILES string of the molecule is Cc1cc(C2(c3cc(C)c(OCCOCC4CO4)c(C)c3)c3ccccc3-c3ccccc32)cc(C)c1OCCOCC1CO1. The Morgan fingerprint density at radius 3 is 1.33 bits per heavy atom. The van der Waals surface area contributed by atoms with E-state index in [1.165, 1.54) is 33.4 Å². The zero-order valence-corrected chi connectivity index (χ0v) is 26.7. The largest absolute Gasteiger partial charge is 0.491 e. The van der Waals surface area contributed by atoms with Crippen molar-refractivity contribution >= 4 is 0 Å². The highest BCUT2D eigenvalue weighted by molar-refractivity contribution is 5.86. The molecule has 0 N–H and O–H groups in total. The van der Waals surface area contributed by atoms with Crippen molar-refractivity contribution in [3.63, 3.8) is 0 Å². The maximum absolute atomic E-state index is 6.29. The van der Waals surface area contributed by atoms with Gasteiger partial charge >= 0.3 is 0 Å². The van der Waals surface area contributed by atoms with E-state index in [9.17, 15) is 0 Å². The highest BCUT2D eigenvalue weighted by atomic mass is 16.6. The highest BCUT2D eigenvalue weighted by Gasteiger charge is 2.46. The van der Waals surface area contributed by atoms with Crippen LogP contribution in [0.5, 0.6) is 11.5 Å². The lowest BCUT2D eigenvalue weighted by molar-refractivity contribution is 0.0874. The number of fused-ring (bicyclic) bond motifs is 3. The average molecular weight is 607 g/mol. The maximum atomic E-state index is 6.29. The van der Waals surface area contributed by atoms with Gasteiger partial charge in [0.15, 0.2) is 0 Å². The van der Waals surface area contributed by atoms with Crippen LogP contribution in [-0.4, -0.2) is 65.1 Å². The molecule has 2 fully saturated rings. The molecule has 2 saturated heterocycles. The molecular weight excluding hydrogens is 564 g/mol. The minimum absolute atomic E-state index is 0.260. The summed E-state index contributed by atoms with van der Waals surface area (Å²) >= 11 is 0. The molecule has 0 aromatic heterocycles. The van der Waals surface area contributed by atoms with Gasteiger partial charge in [0.2, 0.25) is 0 Å². The molecule has 2 atom stereocenters. The molecule has 0 bridgehead atoms. The molecule has 2 heterocycles. The van der Waals surface area contributed by atoms with E-state index in [1.807, 2.05) is 0 Å². The van der Waals surface area contributed by atoms with Crippen molar-refractivity contribution in [3.8, 4) is 22.6 Å². The first-order valence-corrected chi connectivity index (χ1v) is 16.0. The summed E-state index contributed by atoms with van der Waals surface area (Å²) in [5, 5.41) is 0. The molecule has 4 aromatic carbocycles. The second-order valence-corrected chi connectivity index (χ2v) is 12.5. The van der Waals surface area contributed by atoms with E-state index in [0.29, 0.717) is 39.6 Å². The molecule has 6 nitrogen and oxygen atoms in total. The first-order valence-electron chi connectivity index (χ1n) is 16.0. The van der Waals surface area contributed by atoms with Crippen molar-refractivity contribution in [1.29, 1.82) is 0 Å². The zero-order chi connectivity index (χ0) is 31.0. The van der Waals surface area contributed by atoms with Crippen molar-refractivity contribution in [2.75, 3.05) is 52.9 Å². The quantitative estimate of drug-likeness (QED) is 0.102. The van der Waals surface area contributed by atoms with Crippen LogP contribution in [0.15, 0.2) is 72.8 Å². The number of hydrogen-bond donors (Lipinski definition) is 0. The third-order valence-corrected chi connectivity index (χ3v) is 9.10. The Morgan fingerprint density at radius 1 is 0.578 bits per heavy atom. The minimum Gasteiger partial charge on any atom is -0.491 e. The van der Waals surface area contributed by atoms with Crippen LogP contribution >= 0.6 is 0 Å². The second kappa shape index (κ2) is 12.6. The molecule has 0 amide bonds. The van der Waals surface area contributed by atoms with Gasteiger partial charge in [0.05, 0.1) is 45.1 Å². The molecular formula is C39H42O6. The van der Waals surface area contributed by atoms with E-state index in [0.717, 1.165) is 47.0 Å². The summed E-state index contributed by atoms with van der Waals surface area (Å²) in [6.45, 7) is 13.6. The Hall–Kier alpha value is -3.68. The summed E-state index contributed by atoms with van der Waals surface area (Å²) in [4.78, 5) is 0. The monoisotopic (exact) mass is 606 g/mol. The standard InChI is InChI=1S/C39H42O6/c1-25-17-29(18-26(2)37(25)42-15-13-40-21-31-23-44-31)39(35-11-7-5-9-33(35)34-10-6-8-12-36(34)39)30-19-27(3)38(28(4)20-30)43-16-14-41-22-32-24-45-32/h5-12,17-20,31-32H,13-16,21-24H2,1-4H3. The first kappa shape index (κ1) is 30.0. The topological polar surface area (TPSA) is 62.0 Å². The number of epoxide rings is 2. The Bertz CT molecular complexity index is 1510. The van der Waals surface area contributed by atoms with Crippen molar-refractivity contribution in [2.45, 2.75) is 45.3 Å². The van der Waals surface area contributed by atoms with Crippen LogP contribution in [-0.2, 0) is 24.4 Å². The molecule has 2 unspecified atom stereocenters. The van der Waals surface area contributed by atoms with Crippen LogP contribution in [0.1, 0.15) is 44.5 Å². The minimum atomic E-state index is -0.504. The molecule has 0 saturated carbocycles. The van der Waals surface area contributed by atoms with E-state index in [2.05, 4.69) is 100 Å². The molecule has 3 aliphatic rings.